The predicted molar refractivity (Wildman–Crippen MR) is 52.3 cm³/mol. The Morgan fingerprint density at radius 2 is 1.87 bits per heavy atom. The molecule has 0 aromatic heterocycles. The van der Waals surface area contributed by atoms with E-state index in [2.05, 4.69) is 4.74 Å². The number of aliphatic hydroxyl groups excluding tert-OH is 2. The van der Waals surface area contributed by atoms with Crippen molar-refractivity contribution in [2.75, 3.05) is 13.2 Å². The van der Waals surface area contributed by atoms with Gasteiger partial charge < -0.3 is 20.1 Å². The smallest absolute Gasteiger partial charge is 0.305 e. The quantitative estimate of drug-likeness (QED) is 0.555. The molecule has 0 rings (SSSR count). The number of ether oxygens (including phenoxy) is 1. The summed E-state index contributed by atoms with van der Waals surface area (Å²) in [6, 6.07) is 0. The SMILES string of the molecule is CC(=O)O.CCCC(=O)OCC(O)CO. The van der Waals surface area contributed by atoms with Crippen LogP contribution in [0.25, 0.3) is 0 Å². The van der Waals surface area contributed by atoms with Crippen molar-refractivity contribution in [3.05, 3.63) is 0 Å². The predicted octanol–water partition coefficient (Wildman–Crippen LogP) is -0.226. The number of carbonyl (C=O) groups is 2. The van der Waals surface area contributed by atoms with Crippen LogP contribution in [0.5, 0.6) is 0 Å². The fraction of sp³-hybridized carbons (Fsp3) is 0.778. The molecule has 0 bridgehead atoms. The van der Waals surface area contributed by atoms with Crippen LogP contribution >= 0.6 is 0 Å². The summed E-state index contributed by atoms with van der Waals surface area (Å²) < 4.78 is 4.59. The van der Waals surface area contributed by atoms with Crippen molar-refractivity contribution in [2.24, 2.45) is 0 Å². The van der Waals surface area contributed by atoms with E-state index >= 15 is 0 Å². The molecular formula is C9H18O6. The zero-order valence-corrected chi connectivity index (χ0v) is 8.97. The Balaban J connectivity index is 0. The number of carboxylic acid groups (broad SMARTS) is 1. The highest BCUT2D eigenvalue weighted by atomic mass is 16.5. The maximum Gasteiger partial charge on any atom is 0.305 e. The number of aliphatic carboxylic acids is 1. The van der Waals surface area contributed by atoms with Crippen molar-refractivity contribution in [3.63, 3.8) is 0 Å². The Labute approximate surface area is 88.5 Å². The van der Waals surface area contributed by atoms with Gasteiger partial charge in [0, 0.05) is 13.3 Å². The van der Waals surface area contributed by atoms with E-state index in [0.29, 0.717) is 6.42 Å². The van der Waals surface area contributed by atoms with Gasteiger partial charge >= 0.3 is 5.97 Å². The van der Waals surface area contributed by atoms with E-state index in [1.165, 1.54) is 0 Å². The first kappa shape index (κ1) is 16.3. The second kappa shape index (κ2) is 10.9. The molecule has 0 heterocycles. The van der Waals surface area contributed by atoms with Gasteiger partial charge in [-0.2, -0.15) is 0 Å². The van der Waals surface area contributed by atoms with Crippen LogP contribution in [0.1, 0.15) is 26.7 Å². The minimum atomic E-state index is -0.948. The number of hydrogen-bond acceptors (Lipinski definition) is 5. The Kier molecular flexibility index (Phi) is 11.9. The maximum atomic E-state index is 10.6. The number of aliphatic hydroxyl groups is 2. The molecule has 0 saturated heterocycles. The van der Waals surface area contributed by atoms with Crippen LogP contribution in [-0.4, -0.2) is 46.6 Å². The molecule has 0 fully saturated rings. The normalized spacial score (nSPS) is 10.9. The van der Waals surface area contributed by atoms with Gasteiger partial charge in [0.2, 0.25) is 0 Å². The summed E-state index contributed by atoms with van der Waals surface area (Å²) >= 11 is 0. The zero-order chi connectivity index (χ0) is 12.3. The van der Waals surface area contributed by atoms with Crippen molar-refractivity contribution in [3.8, 4) is 0 Å². The summed E-state index contributed by atoms with van der Waals surface area (Å²) in [6.45, 7) is 2.46. The first-order valence-corrected chi connectivity index (χ1v) is 4.58. The molecule has 0 radical (unpaired) electrons. The van der Waals surface area contributed by atoms with E-state index < -0.39 is 12.1 Å². The molecule has 0 aromatic carbocycles. The average molecular weight is 222 g/mol. The topological polar surface area (TPSA) is 104 Å². The largest absolute Gasteiger partial charge is 0.481 e. The van der Waals surface area contributed by atoms with Gasteiger partial charge in [0.25, 0.3) is 5.97 Å². The monoisotopic (exact) mass is 222 g/mol. The Morgan fingerprint density at radius 3 is 2.20 bits per heavy atom. The van der Waals surface area contributed by atoms with Crippen molar-refractivity contribution < 1.29 is 29.6 Å². The third-order valence-corrected chi connectivity index (χ3v) is 1.10. The standard InChI is InChI=1S/C7H14O4.C2H4O2/c1-2-3-7(10)11-5-6(9)4-8;1-2(3)4/h6,8-9H,2-5H2,1H3;1H3,(H,3,4). The van der Waals surface area contributed by atoms with Crippen molar-refractivity contribution >= 4 is 11.9 Å². The molecule has 0 spiro atoms. The number of esters is 1. The van der Waals surface area contributed by atoms with Gasteiger partial charge in [0.1, 0.15) is 12.7 Å². The fourth-order valence-electron chi connectivity index (χ4n) is 0.518. The summed E-state index contributed by atoms with van der Waals surface area (Å²) in [5.74, 6) is -1.17. The Morgan fingerprint density at radius 1 is 1.40 bits per heavy atom. The number of carbonyl (C=O) groups excluding carboxylic acids is 1. The van der Waals surface area contributed by atoms with Crippen LogP contribution in [0.3, 0.4) is 0 Å². The van der Waals surface area contributed by atoms with Gasteiger partial charge in [-0.05, 0) is 6.42 Å². The van der Waals surface area contributed by atoms with Gasteiger partial charge in [-0.3, -0.25) is 9.59 Å². The van der Waals surface area contributed by atoms with Gasteiger partial charge in [-0.1, -0.05) is 6.92 Å². The lowest BCUT2D eigenvalue weighted by Crippen LogP contribution is -2.21. The molecule has 90 valence electrons. The molecule has 15 heavy (non-hydrogen) atoms. The third kappa shape index (κ3) is 19.3. The Bertz CT molecular complexity index is 175. The highest BCUT2D eigenvalue weighted by Gasteiger charge is 2.05. The van der Waals surface area contributed by atoms with Crippen LogP contribution < -0.4 is 0 Å². The number of hydrogen-bond donors (Lipinski definition) is 3. The van der Waals surface area contributed by atoms with Gasteiger partial charge in [0.05, 0.1) is 6.61 Å². The minimum absolute atomic E-state index is 0.116. The van der Waals surface area contributed by atoms with Crippen LogP contribution in [0.15, 0.2) is 0 Å². The molecule has 0 saturated carbocycles. The molecule has 0 aromatic rings. The van der Waals surface area contributed by atoms with Gasteiger partial charge in [-0.15, -0.1) is 0 Å². The van der Waals surface area contributed by atoms with Gasteiger partial charge in [-0.25, -0.2) is 0 Å². The molecular weight excluding hydrogens is 204 g/mol. The second-order valence-electron chi connectivity index (χ2n) is 2.79. The van der Waals surface area contributed by atoms with Crippen molar-refractivity contribution in [2.45, 2.75) is 32.8 Å². The number of rotatable bonds is 5. The van der Waals surface area contributed by atoms with E-state index in [-0.39, 0.29) is 19.2 Å². The molecule has 3 N–H and O–H groups in total. The summed E-state index contributed by atoms with van der Waals surface area (Å²) in [6.07, 6.45) is 0.141. The van der Waals surface area contributed by atoms with E-state index in [1.54, 1.807) is 0 Å². The molecule has 6 nitrogen and oxygen atoms in total. The summed E-state index contributed by atoms with van der Waals surface area (Å²) in [5.41, 5.74) is 0. The second-order valence-corrected chi connectivity index (χ2v) is 2.79. The average Bonchev–Trinajstić information content (AvgIpc) is 2.14. The van der Waals surface area contributed by atoms with Crippen LogP contribution in [0, 0.1) is 0 Å². The molecule has 1 unspecified atom stereocenters. The fourth-order valence-corrected chi connectivity index (χ4v) is 0.518. The van der Waals surface area contributed by atoms with Crippen molar-refractivity contribution in [1.82, 2.24) is 0 Å². The lowest BCUT2D eigenvalue weighted by atomic mass is 10.3. The lowest BCUT2D eigenvalue weighted by molar-refractivity contribution is -0.147. The molecule has 0 aliphatic rings. The van der Waals surface area contributed by atoms with Crippen molar-refractivity contribution in [1.29, 1.82) is 0 Å². The molecule has 6 heteroatoms. The molecule has 0 amide bonds. The Hall–Kier alpha value is -1.14. The molecule has 0 aliphatic carbocycles. The first-order chi connectivity index (χ1) is 6.93. The summed E-state index contributed by atoms with van der Waals surface area (Å²) in [5, 5.41) is 24.5. The van der Waals surface area contributed by atoms with E-state index in [4.69, 9.17) is 20.1 Å². The van der Waals surface area contributed by atoms with Gasteiger partial charge in [0.15, 0.2) is 0 Å². The number of carboxylic acids is 1. The highest BCUT2D eigenvalue weighted by Crippen LogP contribution is 1.92. The maximum absolute atomic E-state index is 10.6. The van der Waals surface area contributed by atoms with E-state index in [0.717, 1.165) is 13.3 Å². The van der Waals surface area contributed by atoms with Crippen LogP contribution in [0.4, 0.5) is 0 Å². The summed E-state index contributed by atoms with van der Waals surface area (Å²) in [4.78, 5) is 19.6. The minimum Gasteiger partial charge on any atom is -0.481 e. The highest BCUT2D eigenvalue weighted by molar-refractivity contribution is 5.69. The third-order valence-electron chi connectivity index (χ3n) is 1.10. The van der Waals surface area contributed by atoms with Crippen LogP contribution in [-0.2, 0) is 14.3 Å². The van der Waals surface area contributed by atoms with Crippen LogP contribution in [0.2, 0.25) is 0 Å². The van der Waals surface area contributed by atoms with E-state index in [1.807, 2.05) is 6.92 Å². The molecule has 1 atom stereocenters. The lowest BCUT2D eigenvalue weighted by Gasteiger charge is -2.07. The van der Waals surface area contributed by atoms with E-state index in [9.17, 15) is 4.79 Å². The molecule has 0 aliphatic heterocycles. The zero-order valence-electron chi connectivity index (χ0n) is 8.97. The first-order valence-electron chi connectivity index (χ1n) is 4.58. The summed E-state index contributed by atoms with van der Waals surface area (Å²) in [7, 11) is 0.